The largest absolute Gasteiger partial charge is 0.465 e. The highest BCUT2D eigenvalue weighted by molar-refractivity contribution is 5.91. The first-order valence-electron chi connectivity index (χ1n) is 8.15. The predicted molar refractivity (Wildman–Crippen MR) is 90.3 cm³/mol. The Morgan fingerprint density at radius 2 is 2.17 bits per heavy atom. The van der Waals surface area contributed by atoms with E-state index in [1.807, 2.05) is 35.2 Å². The van der Waals surface area contributed by atoms with Gasteiger partial charge in [0.15, 0.2) is 11.5 Å². The lowest BCUT2D eigenvalue weighted by Crippen LogP contribution is -2.38. The van der Waals surface area contributed by atoms with Gasteiger partial charge in [-0.1, -0.05) is 12.1 Å². The molecule has 1 amide bonds. The Hall–Kier alpha value is -2.82. The first kappa shape index (κ1) is 14.8. The van der Waals surface area contributed by atoms with Gasteiger partial charge < -0.3 is 13.7 Å². The molecule has 0 spiro atoms. The van der Waals surface area contributed by atoms with Gasteiger partial charge in [-0.05, 0) is 43.2 Å². The summed E-state index contributed by atoms with van der Waals surface area (Å²) in [5.74, 6) is 1.54. The zero-order valence-corrected chi connectivity index (χ0v) is 13.2. The Labute approximate surface area is 139 Å². The summed E-state index contributed by atoms with van der Waals surface area (Å²) < 4.78 is 11.1. The number of piperidine rings is 1. The molecule has 122 valence electrons. The van der Waals surface area contributed by atoms with Gasteiger partial charge in [-0.3, -0.25) is 4.79 Å². The molecule has 5 heteroatoms. The van der Waals surface area contributed by atoms with Crippen molar-refractivity contribution in [2.45, 2.75) is 18.8 Å². The molecule has 5 nitrogen and oxygen atoms in total. The fourth-order valence-corrected chi connectivity index (χ4v) is 3.09. The number of amides is 1. The van der Waals surface area contributed by atoms with E-state index < -0.39 is 0 Å². The molecule has 1 atom stereocenters. The van der Waals surface area contributed by atoms with Crippen molar-refractivity contribution >= 4 is 23.1 Å². The van der Waals surface area contributed by atoms with Gasteiger partial charge in [-0.25, -0.2) is 4.98 Å². The normalized spacial score (nSPS) is 18.5. The molecule has 1 aliphatic heterocycles. The number of para-hydroxylation sites is 2. The summed E-state index contributed by atoms with van der Waals surface area (Å²) in [6.45, 7) is 1.40. The second-order valence-electron chi connectivity index (χ2n) is 5.99. The van der Waals surface area contributed by atoms with E-state index in [9.17, 15) is 4.79 Å². The smallest absolute Gasteiger partial charge is 0.246 e. The van der Waals surface area contributed by atoms with Gasteiger partial charge in [-0.2, -0.15) is 0 Å². The van der Waals surface area contributed by atoms with E-state index in [-0.39, 0.29) is 11.8 Å². The van der Waals surface area contributed by atoms with E-state index in [1.165, 1.54) is 0 Å². The Morgan fingerprint density at radius 1 is 1.25 bits per heavy atom. The predicted octanol–water partition coefficient (Wildman–Crippen LogP) is 3.84. The van der Waals surface area contributed by atoms with Crippen molar-refractivity contribution in [3.05, 3.63) is 60.4 Å². The molecule has 1 unspecified atom stereocenters. The summed E-state index contributed by atoms with van der Waals surface area (Å²) >= 11 is 0. The lowest BCUT2D eigenvalue weighted by Gasteiger charge is -2.30. The zero-order chi connectivity index (χ0) is 16.4. The summed E-state index contributed by atoms with van der Waals surface area (Å²) in [6.07, 6.45) is 6.79. The summed E-state index contributed by atoms with van der Waals surface area (Å²) in [5, 5.41) is 0. The van der Waals surface area contributed by atoms with Gasteiger partial charge in [0.2, 0.25) is 5.91 Å². The third-order valence-electron chi connectivity index (χ3n) is 4.33. The number of hydrogen-bond donors (Lipinski definition) is 0. The lowest BCUT2D eigenvalue weighted by atomic mass is 9.98. The van der Waals surface area contributed by atoms with E-state index in [0.717, 1.165) is 36.4 Å². The van der Waals surface area contributed by atoms with Crippen LogP contribution in [0.2, 0.25) is 0 Å². The van der Waals surface area contributed by atoms with Gasteiger partial charge in [0.1, 0.15) is 11.3 Å². The van der Waals surface area contributed by atoms with Crippen molar-refractivity contribution in [3.8, 4) is 0 Å². The van der Waals surface area contributed by atoms with Crippen molar-refractivity contribution in [3.63, 3.8) is 0 Å². The maximum atomic E-state index is 12.4. The van der Waals surface area contributed by atoms with Crippen LogP contribution in [0.3, 0.4) is 0 Å². The number of furan rings is 1. The number of benzene rings is 1. The van der Waals surface area contributed by atoms with E-state index in [1.54, 1.807) is 24.5 Å². The average molecular weight is 322 g/mol. The number of carbonyl (C=O) groups excluding carboxylic acids is 1. The van der Waals surface area contributed by atoms with Crippen LogP contribution < -0.4 is 0 Å². The first-order chi connectivity index (χ1) is 11.8. The molecule has 3 aromatic rings. The maximum absolute atomic E-state index is 12.4. The van der Waals surface area contributed by atoms with Crippen LogP contribution in [0.5, 0.6) is 0 Å². The number of oxazole rings is 1. The van der Waals surface area contributed by atoms with E-state index in [2.05, 4.69) is 4.98 Å². The molecule has 0 N–H and O–H groups in total. The molecule has 1 fully saturated rings. The zero-order valence-electron chi connectivity index (χ0n) is 13.2. The van der Waals surface area contributed by atoms with Crippen LogP contribution in [0.15, 0.2) is 57.6 Å². The van der Waals surface area contributed by atoms with E-state index in [0.29, 0.717) is 12.3 Å². The maximum Gasteiger partial charge on any atom is 0.246 e. The minimum absolute atomic E-state index is 0.00721. The van der Waals surface area contributed by atoms with Crippen LogP contribution in [-0.4, -0.2) is 28.9 Å². The van der Waals surface area contributed by atoms with E-state index >= 15 is 0 Å². The number of hydrogen-bond acceptors (Lipinski definition) is 4. The van der Waals surface area contributed by atoms with Gasteiger partial charge in [0, 0.05) is 19.2 Å². The number of fused-ring (bicyclic) bond motifs is 1. The summed E-state index contributed by atoms with van der Waals surface area (Å²) in [4.78, 5) is 18.8. The number of rotatable bonds is 3. The first-order valence-corrected chi connectivity index (χ1v) is 8.15. The second kappa shape index (κ2) is 6.35. The molecule has 1 saturated heterocycles. The molecular formula is C19H18N2O3. The van der Waals surface area contributed by atoms with Crippen molar-refractivity contribution in [2.75, 3.05) is 13.1 Å². The molecule has 3 heterocycles. The topological polar surface area (TPSA) is 59.5 Å². The van der Waals surface area contributed by atoms with Gasteiger partial charge in [0.05, 0.1) is 12.2 Å². The van der Waals surface area contributed by atoms with Crippen LogP contribution >= 0.6 is 0 Å². The summed E-state index contributed by atoms with van der Waals surface area (Å²) in [5.41, 5.74) is 1.67. The Kier molecular flexibility index (Phi) is 3.91. The fourth-order valence-electron chi connectivity index (χ4n) is 3.09. The van der Waals surface area contributed by atoms with Crippen molar-refractivity contribution in [1.82, 2.24) is 9.88 Å². The van der Waals surface area contributed by atoms with Gasteiger partial charge in [0.25, 0.3) is 0 Å². The molecule has 1 aromatic carbocycles. The molecule has 0 bridgehead atoms. The quantitative estimate of drug-likeness (QED) is 0.687. The third kappa shape index (κ3) is 2.97. The molecule has 2 aromatic heterocycles. The Balaban J connectivity index is 1.48. The minimum atomic E-state index is -0.00721. The lowest BCUT2D eigenvalue weighted by molar-refractivity contribution is -0.127. The van der Waals surface area contributed by atoms with Crippen molar-refractivity contribution in [1.29, 1.82) is 0 Å². The standard InChI is InChI=1S/C19H18N2O3/c22-18(10-9-15-6-4-12-23-15)21-11-3-5-14(13-21)19-20-16-7-1-2-8-17(16)24-19/h1-2,4,6-10,12,14H,3,5,11,13H2. The molecule has 4 rings (SSSR count). The van der Waals surface area contributed by atoms with Crippen molar-refractivity contribution in [2.24, 2.45) is 0 Å². The Bertz CT molecular complexity index is 831. The molecular weight excluding hydrogens is 304 g/mol. The van der Waals surface area contributed by atoms with Crippen LogP contribution in [-0.2, 0) is 4.79 Å². The Morgan fingerprint density at radius 3 is 3.00 bits per heavy atom. The number of aromatic nitrogens is 1. The summed E-state index contributed by atoms with van der Waals surface area (Å²) in [7, 11) is 0. The SMILES string of the molecule is O=C(C=Cc1ccco1)N1CCCC(c2nc3ccccc3o2)C1. The van der Waals surface area contributed by atoms with Crippen LogP contribution in [0, 0.1) is 0 Å². The monoisotopic (exact) mass is 322 g/mol. The molecule has 1 aliphatic rings. The molecule has 0 radical (unpaired) electrons. The number of nitrogens with zero attached hydrogens (tertiary/aromatic N) is 2. The van der Waals surface area contributed by atoms with Crippen LogP contribution in [0.25, 0.3) is 17.2 Å². The molecule has 0 saturated carbocycles. The number of likely N-dealkylation sites (tertiary alicyclic amines) is 1. The third-order valence-corrected chi connectivity index (χ3v) is 4.33. The molecule has 0 aliphatic carbocycles. The second-order valence-corrected chi connectivity index (χ2v) is 5.99. The molecule has 24 heavy (non-hydrogen) atoms. The average Bonchev–Trinajstić information content (AvgIpc) is 3.29. The van der Waals surface area contributed by atoms with Gasteiger partial charge in [-0.15, -0.1) is 0 Å². The minimum Gasteiger partial charge on any atom is -0.465 e. The highest BCUT2D eigenvalue weighted by Crippen LogP contribution is 2.29. The van der Waals surface area contributed by atoms with Crippen molar-refractivity contribution < 1.29 is 13.6 Å². The van der Waals surface area contributed by atoms with Crippen LogP contribution in [0.4, 0.5) is 0 Å². The van der Waals surface area contributed by atoms with Crippen LogP contribution in [0.1, 0.15) is 30.4 Å². The van der Waals surface area contributed by atoms with E-state index in [4.69, 9.17) is 8.83 Å². The highest BCUT2D eigenvalue weighted by Gasteiger charge is 2.27. The summed E-state index contributed by atoms with van der Waals surface area (Å²) in [6, 6.07) is 11.4. The number of carbonyl (C=O) groups is 1. The fraction of sp³-hybridized carbons (Fsp3) is 0.263. The highest BCUT2D eigenvalue weighted by atomic mass is 16.3. The van der Waals surface area contributed by atoms with Gasteiger partial charge >= 0.3 is 0 Å².